The SMILES string of the molecule is NC1=Nc2cc(O)ccc2C=CC1. The normalized spacial score (nSPS) is 14.6. The van der Waals surface area contributed by atoms with Crippen molar-refractivity contribution in [3.8, 4) is 5.75 Å². The zero-order chi connectivity index (χ0) is 9.26. The largest absolute Gasteiger partial charge is 0.508 e. The highest BCUT2D eigenvalue weighted by Gasteiger charge is 2.03. The highest BCUT2D eigenvalue weighted by Crippen LogP contribution is 2.27. The molecule has 0 bridgehead atoms. The van der Waals surface area contributed by atoms with Crippen LogP contribution >= 0.6 is 0 Å². The Hall–Kier alpha value is -1.77. The third kappa shape index (κ3) is 1.54. The monoisotopic (exact) mass is 174 g/mol. The highest BCUT2D eigenvalue weighted by atomic mass is 16.3. The molecule has 3 heteroatoms. The maximum atomic E-state index is 9.23. The minimum absolute atomic E-state index is 0.214. The average Bonchev–Trinajstić information content (AvgIpc) is 2.25. The van der Waals surface area contributed by atoms with Crippen LogP contribution in [0, 0.1) is 0 Å². The minimum Gasteiger partial charge on any atom is -0.508 e. The molecule has 0 fully saturated rings. The van der Waals surface area contributed by atoms with E-state index in [4.69, 9.17) is 5.73 Å². The number of aromatic hydroxyl groups is 1. The van der Waals surface area contributed by atoms with Crippen LogP contribution in [0.3, 0.4) is 0 Å². The van der Waals surface area contributed by atoms with Crippen molar-refractivity contribution in [1.82, 2.24) is 0 Å². The van der Waals surface area contributed by atoms with Gasteiger partial charge in [0.1, 0.15) is 11.6 Å². The van der Waals surface area contributed by atoms with Crippen LogP contribution in [0.15, 0.2) is 29.3 Å². The van der Waals surface area contributed by atoms with Crippen LogP contribution in [0.1, 0.15) is 12.0 Å². The van der Waals surface area contributed by atoms with E-state index in [9.17, 15) is 5.11 Å². The van der Waals surface area contributed by atoms with Gasteiger partial charge in [-0.15, -0.1) is 0 Å². The van der Waals surface area contributed by atoms with Crippen molar-refractivity contribution in [2.45, 2.75) is 6.42 Å². The number of benzene rings is 1. The molecule has 1 heterocycles. The first-order valence-electron chi connectivity index (χ1n) is 4.08. The standard InChI is InChI=1S/C10H10N2O/c11-10-3-1-2-7-4-5-8(13)6-9(7)12-10/h1-2,4-6,13H,3H2,(H2,11,12). The first kappa shape index (κ1) is 7.86. The Balaban J connectivity index is 2.59. The van der Waals surface area contributed by atoms with E-state index in [2.05, 4.69) is 4.99 Å². The van der Waals surface area contributed by atoms with Crippen molar-refractivity contribution in [1.29, 1.82) is 0 Å². The van der Waals surface area contributed by atoms with Gasteiger partial charge < -0.3 is 10.8 Å². The predicted molar refractivity (Wildman–Crippen MR) is 53.0 cm³/mol. The summed E-state index contributed by atoms with van der Waals surface area (Å²) in [6, 6.07) is 5.07. The summed E-state index contributed by atoms with van der Waals surface area (Å²) in [7, 11) is 0. The number of nitrogens with zero attached hydrogens (tertiary/aromatic N) is 1. The number of hydrogen-bond acceptors (Lipinski definition) is 3. The van der Waals surface area contributed by atoms with Crippen molar-refractivity contribution in [3.63, 3.8) is 0 Å². The number of amidine groups is 1. The number of hydrogen-bond donors (Lipinski definition) is 2. The Morgan fingerprint density at radius 2 is 2.23 bits per heavy atom. The molecule has 1 aliphatic heterocycles. The van der Waals surface area contributed by atoms with Crippen LogP contribution in [0.4, 0.5) is 5.69 Å². The maximum Gasteiger partial charge on any atom is 0.117 e. The number of phenolic OH excluding ortho intramolecular Hbond substituents is 1. The van der Waals surface area contributed by atoms with Gasteiger partial charge in [0.2, 0.25) is 0 Å². The van der Waals surface area contributed by atoms with Gasteiger partial charge in [-0.2, -0.15) is 0 Å². The van der Waals surface area contributed by atoms with Crippen molar-refractivity contribution in [2.75, 3.05) is 0 Å². The summed E-state index contributed by atoms with van der Waals surface area (Å²) in [4.78, 5) is 4.17. The predicted octanol–water partition coefficient (Wildman–Crippen LogP) is 1.80. The molecular weight excluding hydrogens is 164 g/mol. The number of nitrogens with two attached hydrogens (primary N) is 1. The second-order valence-electron chi connectivity index (χ2n) is 2.95. The quantitative estimate of drug-likeness (QED) is 0.630. The van der Waals surface area contributed by atoms with Gasteiger partial charge in [0.15, 0.2) is 0 Å². The smallest absolute Gasteiger partial charge is 0.117 e. The Morgan fingerprint density at radius 3 is 3.08 bits per heavy atom. The molecule has 0 spiro atoms. The van der Waals surface area contributed by atoms with E-state index in [-0.39, 0.29) is 5.75 Å². The number of fused-ring (bicyclic) bond motifs is 1. The fourth-order valence-electron chi connectivity index (χ4n) is 1.28. The van der Waals surface area contributed by atoms with Crippen molar-refractivity contribution < 1.29 is 5.11 Å². The number of phenols is 1. The van der Waals surface area contributed by atoms with Gasteiger partial charge >= 0.3 is 0 Å². The first-order chi connectivity index (χ1) is 6.25. The van der Waals surface area contributed by atoms with E-state index in [1.165, 1.54) is 0 Å². The topological polar surface area (TPSA) is 58.6 Å². The van der Waals surface area contributed by atoms with E-state index in [1.54, 1.807) is 12.1 Å². The van der Waals surface area contributed by atoms with Gasteiger partial charge in [-0.3, -0.25) is 0 Å². The molecule has 1 aromatic carbocycles. The van der Waals surface area contributed by atoms with Gasteiger partial charge in [0.05, 0.1) is 5.69 Å². The van der Waals surface area contributed by atoms with E-state index in [0.29, 0.717) is 12.3 Å². The molecule has 66 valence electrons. The fourth-order valence-corrected chi connectivity index (χ4v) is 1.28. The first-order valence-corrected chi connectivity index (χ1v) is 4.08. The maximum absolute atomic E-state index is 9.23. The molecule has 0 radical (unpaired) electrons. The Kier molecular flexibility index (Phi) is 1.77. The molecule has 1 aliphatic rings. The molecule has 3 N–H and O–H groups in total. The number of aliphatic imine (C=N–C) groups is 1. The summed E-state index contributed by atoms with van der Waals surface area (Å²) < 4.78 is 0. The van der Waals surface area contributed by atoms with Crippen LogP contribution in [0.2, 0.25) is 0 Å². The molecule has 13 heavy (non-hydrogen) atoms. The summed E-state index contributed by atoms with van der Waals surface area (Å²) >= 11 is 0. The van der Waals surface area contributed by atoms with E-state index < -0.39 is 0 Å². The molecule has 0 unspecified atom stereocenters. The van der Waals surface area contributed by atoms with E-state index in [0.717, 1.165) is 11.3 Å². The van der Waals surface area contributed by atoms with Crippen molar-refractivity contribution in [2.24, 2.45) is 10.7 Å². The molecular formula is C10H10N2O. The van der Waals surface area contributed by atoms with Crippen LogP contribution in [0.25, 0.3) is 6.08 Å². The van der Waals surface area contributed by atoms with Crippen LogP contribution in [0.5, 0.6) is 5.75 Å². The second kappa shape index (κ2) is 2.94. The highest BCUT2D eigenvalue weighted by molar-refractivity contribution is 5.88. The minimum atomic E-state index is 0.214. The van der Waals surface area contributed by atoms with Crippen LogP contribution < -0.4 is 5.73 Å². The van der Waals surface area contributed by atoms with Gasteiger partial charge in [0.25, 0.3) is 0 Å². The lowest BCUT2D eigenvalue weighted by molar-refractivity contribution is 0.475. The third-order valence-corrected chi connectivity index (χ3v) is 1.90. The van der Waals surface area contributed by atoms with Gasteiger partial charge in [-0.1, -0.05) is 12.2 Å². The molecule has 0 aliphatic carbocycles. The molecule has 0 aromatic heterocycles. The fraction of sp³-hybridized carbons (Fsp3) is 0.100. The second-order valence-corrected chi connectivity index (χ2v) is 2.95. The molecule has 0 atom stereocenters. The van der Waals surface area contributed by atoms with E-state index >= 15 is 0 Å². The molecule has 0 saturated carbocycles. The summed E-state index contributed by atoms with van der Waals surface area (Å²) in [6.45, 7) is 0. The summed E-state index contributed by atoms with van der Waals surface area (Å²) in [5.41, 5.74) is 7.33. The Morgan fingerprint density at radius 1 is 1.38 bits per heavy atom. The Labute approximate surface area is 76.2 Å². The van der Waals surface area contributed by atoms with Gasteiger partial charge in [-0.25, -0.2) is 4.99 Å². The Bertz CT molecular complexity index is 394. The van der Waals surface area contributed by atoms with Crippen molar-refractivity contribution >= 4 is 17.6 Å². The molecule has 3 nitrogen and oxygen atoms in total. The van der Waals surface area contributed by atoms with Crippen LogP contribution in [-0.4, -0.2) is 10.9 Å². The molecule has 1 aromatic rings. The molecule has 2 rings (SSSR count). The van der Waals surface area contributed by atoms with Gasteiger partial charge in [-0.05, 0) is 12.1 Å². The third-order valence-electron chi connectivity index (χ3n) is 1.90. The van der Waals surface area contributed by atoms with Crippen molar-refractivity contribution in [3.05, 3.63) is 29.8 Å². The summed E-state index contributed by atoms with van der Waals surface area (Å²) in [5.74, 6) is 0.784. The molecule has 0 amide bonds. The average molecular weight is 174 g/mol. The van der Waals surface area contributed by atoms with Gasteiger partial charge in [0, 0.05) is 18.1 Å². The lowest BCUT2D eigenvalue weighted by atomic mass is 10.1. The van der Waals surface area contributed by atoms with Crippen LogP contribution in [-0.2, 0) is 0 Å². The lowest BCUT2D eigenvalue weighted by Crippen LogP contribution is -2.08. The summed E-state index contributed by atoms with van der Waals surface area (Å²) in [6.07, 6.45) is 4.58. The van der Waals surface area contributed by atoms with E-state index in [1.807, 2.05) is 18.2 Å². The lowest BCUT2D eigenvalue weighted by Gasteiger charge is -2.00. The number of rotatable bonds is 0. The summed E-state index contributed by atoms with van der Waals surface area (Å²) in [5, 5.41) is 9.23. The zero-order valence-corrected chi connectivity index (χ0v) is 7.07. The zero-order valence-electron chi connectivity index (χ0n) is 7.07. The molecule has 0 saturated heterocycles.